The van der Waals surface area contributed by atoms with Crippen LogP contribution in [0.4, 0.5) is 29.5 Å². The van der Waals surface area contributed by atoms with Crippen LogP contribution in [-0.4, -0.2) is 25.4 Å². The molecule has 1 aromatic heterocycles. The third-order valence-corrected chi connectivity index (χ3v) is 2.69. The molecule has 7 nitrogen and oxygen atoms in total. The molecule has 0 spiro atoms. The Balaban J connectivity index is 2.06. The molecule has 0 radical (unpaired) electrons. The molecule has 0 aliphatic heterocycles. The van der Waals surface area contributed by atoms with Gasteiger partial charge in [0.1, 0.15) is 11.5 Å². The Morgan fingerprint density at radius 3 is 2.48 bits per heavy atom. The zero-order valence-corrected chi connectivity index (χ0v) is 12.0. The summed E-state index contributed by atoms with van der Waals surface area (Å²) >= 11 is 0. The molecule has 0 saturated heterocycles. The molecule has 0 bridgehead atoms. The Kier molecular flexibility index (Phi) is 4.63. The number of methoxy groups -OCH3 is 2. The van der Waals surface area contributed by atoms with Crippen LogP contribution >= 0.6 is 0 Å². The van der Waals surface area contributed by atoms with E-state index in [4.69, 9.17) is 9.47 Å². The fraction of sp³-hybridized carbons (Fsp3) is 0.231. The minimum atomic E-state index is -4.65. The minimum absolute atomic E-state index is 0.293. The first-order valence-electron chi connectivity index (χ1n) is 6.17. The number of alkyl halides is 3. The number of nitrogens with one attached hydrogen (secondary N) is 2. The monoisotopic (exact) mass is 331 g/mol. The van der Waals surface area contributed by atoms with E-state index in [-0.39, 0.29) is 0 Å². The first kappa shape index (κ1) is 16.5. The zero-order valence-electron chi connectivity index (χ0n) is 12.0. The standard InChI is InChI=1S/C13H12F3N3O4/c1-21-7-3-4-8(9(5-7)22-2)17-12(20)18-11-6-10(19-23-11)13(14,15)16/h3-6H,1-2H3,(H2,17,18,20). The van der Waals surface area contributed by atoms with E-state index >= 15 is 0 Å². The van der Waals surface area contributed by atoms with Crippen molar-refractivity contribution in [3.8, 4) is 11.5 Å². The summed E-state index contributed by atoms with van der Waals surface area (Å²) in [4.78, 5) is 11.8. The van der Waals surface area contributed by atoms with Crippen LogP contribution in [0.1, 0.15) is 5.69 Å². The van der Waals surface area contributed by atoms with E-state index < -0.39 is 23.8 Å². The predicted octanol–water partition coefficient (Wildman–Crippen LogP) is 3.35. The molecule has 1 aromatic carbocycles. The highest BCUT2D eigenvalue weighted by atomic mass is 19.4. The lowest BCUT2D eigenvalue weighted by Gasteiger charge is -2.11. The fourth-order valence-electron chi connectivity index (χ4n) is 1.63. The number of carbonyl (C=O) groups excluding carboxylic acids is 1. The highest BCUT2D eigenvalue weighted by molar-refractivity contribution is 5.99. The third kappa shape index (κ3) is 4.05. The topological polar surface area (TPSA) is 85.6 Å². The maximum absolute atomic E-state index is 12.4. The van der Waals surface area contributed by atoms with Crippen LogP contribution in [0.3, 0.4) is 0 Å². The lowest BCUT2D eigenvalue weighted by Crippen LogP contribution is -2.19. The van der Waals surface area contributed by atoms with Gasteiger partial charge in [-0.15, -0.1) is 0 Å². The van der Waals surface area contributed by atoms with E-state index in [0.717, 1.165) is 0 Å². The smallest absolute Gasteiger partial charge is 0.436 e. The SMILES string of the molecule is COc1ccc(NC(=O)Nc2cc(C(F)(F)F)no2)c(OC)c1. The fourth-order valence-corrected chi connectivity index (χ4v) is 1.63. The van der Waals surface area contributed by atoms with E-state index in [1.165, 1.54) is 26.4 Å². The number of urea groups is 1. The lowest BCUT2D eigenvalue weighted by molar-refractivity contribution is -0.142. The summed E-state index contributed by atoms with van der Waals surface area (Å²) in [5.41, 5.74) is -0.948. The van der Waals surface area contributed by atoms with Crippen molar-refractivity contribution < 1.29 is 32.0 Å². The normalized spacial score (nSPS) is 11.0. The quantitative estimate of drug-likeness (QED) is 0.897. The van der Waals surface area contributed by atoms with Crippen LogP contribution in [0.5, 0.6) is 11.5 Å². The van der Waals surface area contributed by atoms with Crippen LogP contribution in [0.2, 0.25) is 0 Å². The number of nitrogens with zero attached hydrogens (tertiary/aromatic N) is 1. The Labute approximate surface area is 128 Å². The summed E-state index contributed by atoms with van der Waals surface area (Å²) < 4.78 is 51.6. The number of carbonyl (C=O) groups is 1. The molecule has 2 amide bonds. The Hall–Kier alpha value is -2.91. The first-order chi connectivity index (χ1) is 10.8. The van der Waals surface area contributed by atoms with Gasteiger partial charge in [-0.2, -0.15) is 13.2 Å². The molecule has 0 aliphatic carbocycles. The second-order valence-electron chi connectivity index (χ2n) is 4.22. The Morgan fingerprint density at radius 2 is 1.91 bits per heavy atom. The van der Waals surface area contributed by atoms with Crippen molar-refractivity contribution in [2.45, 2.75) is 6.18 Å². The van der Waals surface area contributed by atoms with Crippen molar-refractivity contribution in [1.29, 1.82) is 0 Å². The van der Waals surface area contributed by atoms with E-state index in [0.29, 0.717) is 23.3 Å². The summed E-state index contributed by atoms with van der Waals surface area (Å²) in [5.74, 6) is 0.383. The summed E-state index contributed by atoms with van der Waals surface area (Å²) in [7, 11) is 2.86. The van der Waals surface area contributed by atoms with Crippen molar-refractivity contribution >= 4 is 17.6 Å². The van der Waals surface area contributed by atoms with Crippen molar-refractivity contribution in [2.24, 2.45) is 0 Å². The van der Waals surface area contributed by atoms with Crippen LogP contribution in [0.15, 0.2) is 28.8 Å². The maximum atomic E-state index is 12.4. The number of ether oxygens (including phenoxy) is 2. The van der Waals surface area contributed by atoms with Gasteiger partial charge in [-0.25, -0.2) is 4.79 Å². The third-order valence-electron chi connectivity index (χ3n) is 2.69. The number of hydrogen-bond acceptors (Lipinski definition) is 5. The molecule has 2 aromatic rings. The number of aromatic nitrogens is 1. The molecule has 0 unspecified atom stereocenters. The summed E-state index contributed by atoms with van der Waals surface area (Å²) in [6.07, 6.45) is -4.65. The number of anilines is 2. The van der Waals surface area contributed by atoms with Gasteiger partial charge in [0.2, 0.25) is 5.88 Å². The highest BCUT2D eigenvalue weighted by Crippen LogP contribution is 2.31. The van der Waals surface area contributed by atoms with Gasteiger partial charge < -0.3 is 19.3 Å². The molecular weight excluding hydrogens is 319 g/mol. The summed E-state index contributed by atoms with van der Waals surface area (Å²) in [6.45, 7) is 0. The molecule has 10 heteroatoms. The summed E-state index contributed by atoms with van der Waals surface area (Å²) in [6, 6.07) is 4.38. The zero-order chi connectivity index (χ0) is 17.0. The van der Waals surface area contributed by atoms with Gasteiger partial charge in [0.15, 0.2) is 5.69 Å². The van der Waals surface area contributed by atoms with Crippen LogP contribution in [-0.2, 0) is 6.18 Å². The van der Waals surface area contributed by atoms with Crippen LogP contribution in [0, 0.1) is 0 Å². The second kappa shape index (κ2) is 6.46. The molecular formula is C13H12F3N3O4. The molecule has 1 heterocycles. The van der Waals surface area contributed by atoms with Gasteiger partial charge >= 0.3 is 12.2 Å². The van der Waals surface area contributed by atoms with E-state index in [1.54, 1.807) is 6.07 Å². The average Bonchev–Trinajstić information content (AvgIpc) is 2.96. The van der Waals surface area contributed by atoms with E-state index in [2.05, 4.69) is 20.3 Å². The molecule has 124 valence electrons. The van der Waals surface area contributed by atoms with E-state index in [1.807, 2.05) is 0 Å². The van der Waals surface area contributed by atoms with Crippen molar-refractivity contribution in [3.63, 3.8) is 0 Å². The Morgan fingerprint density at radius 1 is 1.17 bits per heavy atom. The largest absolute Gasteiger partial charge is 0.497 e. The van der Waals surface area contributed by atoms with Gasteiger partial charge in [-0.3, -0.25) is 5.32 Å². The first-order valence-corrected chi connectivity index (χ1v) is 6.17. The second-order valence-corrected chi connectivity index (χ2v) is 4.22. The maximum Gasteiger partial charge on any atom is 0.436 e. The summed E-state index contributed by atoms with van der Waals surface area (Å²) in [5, 5.41) is 7.33. The van der Waals surface area contributed by atoms with Gasteiger partial charge in [-0.1, -0.05) is 5.16 Å². The number of amides is 2. The molecule has 23 heavy (non-hydrogen) atoms. The van der Waals surface area contributed by atoms with Crippen molar-refractivity contribution in [1.82, 2.24) is 5.16 Å². The van der Waals surface area contributed by atoms with Gasteiger partial charge in [0, 0.05) is 12.1 Å². The van der Waals surface area contributed by atoms with Crippen LogP contribution in [0.25, 0.3) is 0 Å². The molecule has 0 atom stereocenters. The number of benzene rings is 1. The van der Waals surface area contributed by atoms with Gasteiger partial charge in [0.05, 0.1) is 19.9 Å². The Bertz CT molecular complexity index is 700. The average molecular weight is 331 g/mol. The predicted molar refractivity (Wildman–Crippen MR) is 73.7 cm³/mol. The highest BCUT2D eigenvalue weighted by Gasteiger charge is 2.35. The molecule has 2 rings (SSSR count). The number of rotatable bonds is 4. The van der Waals surface area contributed by atoms with Crippen molar-refractivity contribution in [3.05, 3.63) is 30.0 Å². The van der Waals surface area contributed by atoms with Gasteiger partial charge in [0.25, 0.3) is 0 Å². The molecule has 0 saturated carbocycles. The number of halogens is 3. The number of hydrogen-bond donors (Lipinski definition) is 2. The van der Waals surface area contributed by atoms with Crippen molar-refractivity contribution in [2.75, 3.05) is 24.9 Å². The van der Waals surface area contributed by atoms with Crippen LogP contribution < -0.4 is 20.1 Å². The van der Waals surface area contributed by atoms with Gasteiger partial charge in [-0.05, 0) is 12.1 Å². The lowest BCUT2D eigenvalue weighted by atomic mass is 10.2. The minimum Gasteiger partial charge on any atom is -0.497 e. The molecule has 2 N–H and O–H groups in total. The molecule has 0 fully saturated rings. The molecule has 0 aliphatic rings. The van der Waals surface area contributed by atoms with E-state index in [9.17, 15) is 18.0 Å².